The van der Waals surface area contributed by atoms with Gasteiger partial charge in [-0.1, -0.05) is 23.4 Å². The van der Waals surface area contributed by atoms with Crippen molar-refractivity contribution >= 4 is 0 Å². The van der Waals surface area contributed by atoms with Crippen LogP contribution in [0.2, 0.25) is 0 Å². The number of hydrogen-bond donors (Lipinski definition) is 1. The van der Waals surface area contributed by atoms with Crippen molar-refractivity contribution in [1.29, 1.82) is 0 Å². The summed E-state index contributed by atoms with van der Waals surface area (Å²) >= 11 is 0. The molecule has 3 rings (SSSR count). The topological polar surface area (TPSA) is 38.1 Å². The number of hydrogen-bond acceptors (Lipinski definition) is 3. The SMILES string of the molecule is Cc1cc(CNCc2ccc3c(c2)CCC3)no1. The van der Waals surface area contributed by atoms with Gasteiger partial charge in [0.25, 0.3) is 0 Å². The summed E-state index contributed by atoms with van der Waals surface area (Å²) in [7, 11) is 0. The maximum Gasteiger partial charge on any atom is 0.133 e. The molecule has 0 saturated heterocycles. The first-order valence-corrected chi connectivity index (χ1v) is 6.55. The van der Waals surface area contributed by atoms with E-state index in [9.17, 15) is 0 Å². The molecule has 0 spiro atoms. The zero-order valence-corrected chi connectivity index (χ0v) is 10.7. The summed E-state index contributed by atoms with van der Waals surface area (Å²) in [5.41, 5.74) is 5.39. The number of rotatable bonds is 4. The first-order valence-electron chi connectivity index (χ1n) is 6.55. The molecule has 94 valence electrons. The molecule has 1 aromatic carbocycles. The van der Waals surface area contributed by atoms with Crippen LogP contribution in [0.5, 0.6) is 0 Å². The normalized spacial score (nSPS) is 13.8. The number of aryl methyl sites for hydroxylation is 3. The Labute approximate surface area is 107 Å². The predicted molar refractivity (Wildman–Crippen MR) is 70.3 cm³/mol. The molecule has 0 radical (unpaired) electrons. The lowest BCUT2D eigenvalue weighted by Gasteiger charge is -2.05. The minimum absolute atomic E-state index is 0.758. The Hall–Kier alpha value is -1.61. The molecule has 0 unspecified atom stereocenters. The van der Waals surface area contributed by atoms with Gasteiger partial charge in [-0.2, -0.15) is 0 Å². The van der Waals surface area contributed by atoms with Crippen LogP contribution in [0.3, 0.4) is 0 Å². The Kier molecular flexibility index (Phi) is 3.15. The lowest BCUT2D eigenvalue weighted by atomic mass is 10.1. The van der Waals surface area contributed by atoms with E-state index in [0.717, 1.165) is 24.5 Å². The van der Waals surface area contributed by atoms with E-state index in [1.807, 2.05) is 13.0 Å². The van der Waals surface area contributed by atoms with Gasteiger partial charge in [-0.05, 0) is 42.9 Å². The highest BCUT2D eigenvalue weighted by molar-refractivity contribution is 5.35. The molecule has 2 aromatic rings. The van der Waals surface area contributed by atoms with Gasteiger partial charge in [0.1, 0.15) is 5.76 Å². The van der Waals surface area contributed by atoms with E-state index in [4.69, 9.17) is 4.52 Å². The van der Waals surface area contributed by atoms with Gasteiger partial charge in [0, 0.05) is 19.2 Å². The second-order valence-electron chi connectivity index (χ2n) is 4.99. The number of nitrogens with one attached hydrogen (secondary N) is 1. The number of benzene rings is 1. The van der Waals surface area contributed by atoms with Gasteiger partial charge < -0.3 is 9.84 Å². The number of aromatic nitrogens is 1. The molecule has 1 heterocycles. The molecule has 0 atom stereocenters. The molecular formula is C15H18N2O. The summed E-state index contributed by atoms with van der Waals surface area (Å²) in [6, 6.07) is 8.81. The lowest BCUT2D eigenvalue weighted by molar-refractivity contribution is 0.388. The zero-order valence-electron chi connectivity index (χ0n) is 10.7. The monoisotopic (exact) mass is 242 g/mol. The molecule has 1 N–H and O–H groups in total. The van der Waals surface area contributed by atoms with Gasteiger partial charge in [-0.3, -0.25) is 0 Å². The minimum atomic E-state index is 0.758. The maximum absolute atomic E-state index is 5.04. The smallest absolute Gasteiger partial charge is 0.133 e. The molecule has 1 aliphatic carbocycles. The van der Waals surface area contributed by atoms with Crippen LogP contribution in [-0.2, 0) is 25.9 Å². The van der Waals surface area contributed by atoms with Crippen LogP contribution in [0, 0.1) is 6.92 Å². The second kappa shape index (κ2) is 4.94. The molecule has 1 aliphatic rings. The Morgan fingerprint density at radius 3 is 2.89 bits per heavy atom. The average Bonchev–Trinajstić information content (AvgIpc) is 2.97. The van der Waals surface area contributed by atoms with Gasteiger partial charge in [0.2, 0.25) is 0 Å². The molecule has 0 bridgehead atoms. The third-order valence-electron chi connectivity index (χ3n) is 3.47. The van der Waals surface area contributed by atoms with Crippen molar-refractivity contribution in [1.82, 2.24) is 10.5 Å². The molecule has 0 fully saturated rings. The summed E-state index contributed by atoms with van der Waals surface area (Å²) in [6.07, 6.45) is 3.80. The van der Waals surface area contributed by atoms with Gasteiger partial charge in [-0.15, -0.1) is 0 Å². The Morgan fingerprint density at radius 1 is 1.17 bits per heavy atom. The molecule has 0 amide bonds. The van der Waals surface area contributed by atoms with Crippen LogP contribution in [0.15, 0.2) is 28.8 Å². The van der Waals surface area contributed by atoms with Crippen molar-refractivity contribution in [3.63, 3.8) is 0 Å². The first kappa shape index (κ1) is 11.5. The molecule has 3 heteroatoms. The largest absolute Gasteiger partial charge is 0.361 e. The van der Waals surface area contributed by atoms with Crippen LogP contribution >= 0.6 is 0 Å². The van der Waals surface area contributed by atoms with Gasteiger partial charge in [-0.25, -0.2) is 0 Å². The summed E-state index contributed by atoms with van der Waals surface area (Å²) in [6.45, 7) is 3.56. The van der Waals surface area contributed by atoms with E-state index in [0.29, 0.717) is 0 Å². The fourth-order valence-electron chi connectivity index (χ4n) is 2.57. The van der Waals surface area contributed by atoms with Gasteiger partial charge in [0.15, 0.2) is 0 Å². The minimum Gasteiger partial charge on any atom is -0.361 e. The van der Waals surface area contributed by atoms with Crippen molar-refractivity contribution in [2.24, 2.45) is 0 Å². The van der Waals surface area contributed by atoms with E-state index < -0.39 is 0 Å². The van der Waals surface area contributed by atoms with Crippen molar-refractivity contribution in [2.75, 3.05) is 0 Å². The quantitative estimate of drug-likeness (QED) is 0.896. The Bertz CT molecular complexity index is 545. The molecule has 0 saturated carbocycles. The summed E-state index contributed by atoms with van der Waals surface area (Å²) in [5.74, 6) is 0.865. The van der Waals surface area contributed by atoms with E-state index in [1.54, 1.807) is 0 Å². The third-order valence-corrected chi connectivity index (χ3v) is 3.47. The highest BCUT2D eigenvalue weighted by Gasteiger charge is 2.10. The summed E-state index contributed by atoms with van der Waals surface area (Å²) < 4.78 is 5.04. The first-order chi connectivity index (χ1) is 8.81. The lowest BCUT2D eigenvalue weighted by Crippen LogP contribution is -2.13. The average molecular weight is 242 g/mol. The third kappa shape index (κ3) is 2.46. The zero-order chi connectivity index (χ0) is 12.4. The summed E-state index contributed by atoms with van der Waals surface area (Å²) in [5, 5.41) is 7.37. The highest BCUT2D eigenvalue weighted by Crippen LogP contribution is 2.22. The highest BCUT2D eigenvalue weighted by atomic mass is 16.5. The second-order valence-corrected chi connectivity index (χ2v) is 4.99. The Balaban J connectivity index is 1.57. The van der Waals surface area contributed by atoms with Gasteiger partial charge >= 0.3 is 0 Å². The number of nitrogens with zero attached hydrogens (tertiary/aromatic N) is 1. The van der Waals surface area contributed by atoms with Crippen molar-refractivity contribution in [2.45, 2.75) is 39.3 Å². The van der Waals surface area contributed by atoms with Crippen LogP contribution < -0.4 is 5.32 Å². The molecule has 18 heavy (non-hydrogen) atoms. The van der Waals surface area contributed by atoms with E-state index in [2.05, 4.69) is 28.7 Å². The maximum atomic E-state index is 5.04. The van der Waals surface area contributed by atoms with Crippen LogP contribution in [0.4, 0.5) is 0 Å². The van der Waals surface area contributed by atoms with Crippen LogP contribution in [-0.4, -0.2) is 5.16 Å². The van der Waals surface area contributed by atoms with E-state index >= 15 is 0 Å². The van der Waals surface area contributed by atoms with Gasteiger partial charge in [0.05, 0.1) is 5.69 Å². The molecule has 3 nitrogen and oxygen atoms in total. The van der Waals surface area contributed by atoms with Crippen LogP contribution in [0.25, 0.3) is 0 Å². The van der Waals surface area contributed by atoms with Crippen molar-refractivity contribution in [3.8, 4) is 0 Å². The predicted octanol–water partition coefficient (Wildman–Crippen LogP) is 2.76. The molecule has 0 aliphatic heterocycles. The van der Waals surface area contributed by atoms with E-state index in [-0.39, 0.29) is 0 Å². The van der Waals surface area contributed by atoms with E-state index in [1.165, 1.54) is 36.0 Å². The van der Waals surface area contributed by atoms with Crippen molar-refractivity contribution < 1.29 is 4.52 Å². The molecule has 1 aromatic heterocycles. The number of fused-ring (bicyclic) bond motifs is 1. The fraction of sp³-hybridized carbons (Fsp3) is 0.400. The van der Waals surface area contributed by atoms with Crippen molar-refractivity contribution in [3.05, 3.63) is 52.4 Å². The van der Waals surface area contributed by atoms with Crippen LogP contribution in [0.1, 0.15) is 34.6 Å². The Morgan fingerprint density at radius 2 is 2.06 bits per heavy atom. The fourth-order valence-corrected chi connectivity index (χ4v) is 2.57. The summed E-state index contributed by atoms with van der Waals surface area (Å²) in [4.78, 5) is 0. The standard InChI is InChI=1S/C15H18N2O/c1-11-7-15(17-18-11)10-16-9-12-5-6-13-3-2-4-14(13)8-12/h5-8,16H,2-4,9-10H2,1H3. The molecular weight excluding hydrogens is 224 g/mol.